The van der Waals surface area contributed by atoms with Crippen LogP contribution in [-0.2, 0) is 0 Å². The van der Waals surface area contributed by atoms with Crippen LogP contribution >= 0.6 is 0 Å². The molecule has 0 bridgehead atoms. The van der Waals surface area contributed by atoms with E-state index < -0.39 is 0 Å². The summed E-state index contributed by atoms with van der Waals surface area (Å²) in [4.78, 5) is 4.10. The van der Waals surface area contributed by atoms with Gasteiger partial charge in [-0.25, -0.2) is 4.39 Å². The van der Waals surface area contributed by atoms with Crippen molar-refractivity contribution in [2.24, 2.45) is 0 Å². The Morgan fingerprint density at radius 1 is 1.06 bits per heavy atom. The molecule has 0 aliphatic heterocycles. The van der Waals surface area contributed by atoms with Gasteiger partial charge < -0.3 is 5.32 Å². The van der Waals surface area contributed by atoms with E-state index in [4.69, 9.17) is 0 Å². The van der Waals surface area contributed by atoms with E-state index in [1.165, 1.54) is 6.07 Å². The normalized spacial score (nSPS) is 14.2. The van der Waals surface area contributed by atoms with Crippen LogP contribution < -0.4 is 5.32 Å². The molecule has 2 rings (SSSR count). The topological polar surface area (TPSA) is 24.9 Å². The molecule has 0 fully saturated rings. The molecule has 1 aromatic heterocycles. The minimum atomic E-state index is -0.199. The molecule has 2 nitrogen and oxygen atoms in total. The summed E-state index contributed by atoms with van der Waals surface area (Å²) in [5.74, 6) is -0.199. The molecule has 94 valence electrons. The van der Waals surface area contributed by atoms with Gasteiger partial charge in [-0.3, -0.25) is 4.98 Å². The van der Waals surface area contributed by atoms with Gasteiger partial charge >= 0.3 is 0 Å². The largest absolute Gasteiger partial charge is 0.304 e. The maximum Gasteiger partial charge on any atom is 0.123 e. The first-order valence-electron chi connectivity index (χ1n) is 6.08. The van der Waals surface area contributed by atoms with Gasteiger partial charge in [0, 0.05) is 24.5 Å². The van der Waals surface area contributed by atoms with Crippen LogP contribution in [0, 0.1) is 5.82 Å². The lowest BCUT2D eigenvalue weighted by atomic mass is 10.1. The molecule has 0 aliphatic rings. The fourth-order valence-corrected chi connectivity index (χ4v) is 1.98. The maximum absolute atomic E-state index is 13.2. The fraction of sp³-hybridized carbons (Fsp3) is 0.267. The standard InChI is InChI=1S/C15H17FN2/c1-11(13-5-3-7-15(16)9-13)18-12(2)14-6-4-8-17-10-14/h3-12,18H,1-2H3/t11-,12?/m0/s1. The summed E-state index contributed by atoms with van der Waals surface area (Å²) < 4.78 is 13.2. The summed E-state index contributed by atoms with van der Waals surface area (Å²) in [5.41, 5.74) is 2.08. The van der Waals surface area contributed by atoms with Gasteiger partial charge in [0.05, 0.1) is 0 Å². The highest BCUT2D eigenvalue weighted by atomic mass is 19.1. The van der Waals surface area contributed by atoms with Crippen LogP contribution in [0.2, 0.25) is 0 Å². The molecule has 0 amide bonds. The van der Waals surface area contributed by atoms with E-state index in [0.717, 1.165) is 11.1 Å². The smallest absolute Gasteiger partial charge is 0.123 e. The summed E-state index contributed by atoms with van der Waals surface area (Å²) in [5, 5.41) is 3.43. The van der Waals surface area contributed by atoms with Crippen LogP contribution in [0.4, 0.5) is 4.39 Å². The Morgan fingerprint density at radius 3 is 2.44 bits per heavy atom. The van der Waals surface area contributed by atoms with Crippen LogP contribution in [0.15, 0.2) is 48.8 Å². The summed E-state index contributed by atoms with van der Waals surface area (Å²) in [6.45, 7) is 4.11. The Morgan fingerprint density at radius 2 is 1.78 bits per heavy atom. The fourth-order valence-electron chi connectivity index (χ4n) is 1.98. The van der Waals surface area contributed by atoms with Crippen molar-refractivity contribution in [2.75, 3.05) is 0 Å². The van der Waals surface area contributed by atoms with E-state index >= 15 is 0 Å². The maximum atomic E-state index is 13.2. The average molecular weight is 244 g/mol. The van der Waals surface area contributed by atoms with Crippen molar-refractivity contribution in [3.63, 3.8) is 0 Å². The van der Waals surface area contributed by atoms with E-state index in [1.807, 2.05) is 31.3 Å². The van der Waals surface area contributed by atoms with Gasteiger partial charge in [0.25, 0.3) is 0 Å². The second-order valence-corrected chi connectivity index (χ2v) is 4.45. The molecular weight excluding hydrogens is 227 g/mol. The predicted molar refractivity (Wildman–Crippen MR) is 70.6 cm³/mol. The van der Waals surface area contributed by atoms with Crippen LogP contribution in [0.3, 0.4) is 0 Å². The first-order valence-corrected chi connectivity index (χ1v) is 6.08. The van der Waals surface area contributed by atoms with Crippen molar-refractivity contribution in [1.82, 2.24) is 10.3 Å². The van der Waals surface area contributed by atoms with Gasteiger partial charge in [0.1, 0.15) is 5.82 Å². The van der Waals surface area contributed by atoms with Crippen LogP contribution in [0.5, 0.6) is 0 Å². The third-order valence-corrected chi connectivity index (χ3v) is 3.03. The molecule has 0 spiro atoms. The number of pyridine rings is 1. The Labute approximate surface area is 107 Å². The zero-order valence-electron chi connectivity index (χ0n) is 10.6. The van der Waals surface area contributed by atoms with Gasteiger partial charge in [-0.2, -0.15) is 0 Å². The van der Waals surface area contributed by atoms with Crippen LogP contribution in [-0.4, -0.2) is 4.98 Å². The number of hydrogen-bond acceptors (Lipinski definition) is 2. The van der Waals surface area contributed by atoms with Gasteiger partial charge in [-0.15, -0.1) is 0 Å². The zero-order chi connectivity index (χ0) is 13.0. The summed E-state index contributed by atoms with van der Waals surface area (Å²) in [7, 11) is 0. The van der Waals surface area contributed by atoms with Crippen molar-refractivity contribution < 1.29 is 4.39 Å². The summed E-state index contributed by atoms with van der Waals surface area (Å²) in [6, 6.07) is 10.9. The second kappa shape index (κ2) is 5.74. The monoisotopic (exact) mass is 244 g/mol. The minimum absolute atomic E-state index is 0.0934. The Hall–Kier alpha value is -1.74. The van der Waals surface area contributed by atoms with E-state index in [2.05, 4.69) is 17.2 Å². The predicted octanol–water partition coefficient (Wildman–Crippen LogP) is 3.63. The van der Waals surface area contributed by atoms with Crippen molar-refractivity contribution >= 4 is 0 Å². The first kappa shape index (κ1) is 12.7. The number of aromatic nitrogens is 1. The molecule has 0 saturated heterocycles. The number of rotatable bonds is 4. The highest BCUT2D eigenvalue weighted by molar-refractivity contribution is 5.21. The van der Waals surface area contributed by atoms with Crippen LogP contribution in [0.1, 0.15) is 37.1 Å². The quantitative estimate of drug-likeness (QED) is 0.888. The molecule has 1 N–H and O–H groups in total. The van der Waals surface area contributed by atoms with E-state index in [0.29, 0.717) is 0 Å². The van der Waals surface area contributed by atoms with E-state index in [9.17, 15) is 4.39 Å². The lowest BCUT2D eigenvalue weighted by molar-refractivity contribution is 0.491. The third kappa shape index (κ3) is 3.14. The van der Waals surface area contributed by atoms with Crippen molar-refractivity contribution in [3.8, 4) is 0 Å². The van der Waals surface area contributed by atoms with E-state index in [1.54, 1.807) is 18.3 Å². The van der Waals surface area contributed by atoms with Crippen LogP contribution in [0.25, 0.3) is 0 Å². The second-order valence-electron chi connectivity index (χ2n) is 4.45. The molecule has 0 aliphatic carbocycles. The summed E-state index contributed by atoms with van der Waals surface area (Å²) >= 11 is 0. The molecule has 0 saturated carbocycles. The van der Waals surface area contributed by atoms with Crippen molar-refractivity contribution in [2.45, 2.75) is 25.9 Å². The number of halogens is 1. The van der Waals surface area contributed by atoms with Crippen molar-refractivity contribution in [3.05, 3.63) is 65.7 Å². The Bertz CT molecular complexity index is 499. The number of nitrogens with zero attached hydrogens (tertiary/aromatic N) is 1. The Balaban J connectivity index is 2.05. The highest BCUT2D eigenvalue weighted by Crippen LogP contribution is 2.19. The number of nitrogens with one attached hydrogen (secondary N) is 1. The minimum Gasteiger partial charge on any atom is -0.304 e. The first-order chi connectivity index (χ1) is 8.66. The molecular formula is C15H17FN2. The molecule has 2 aromatic rings. The average Bonchev–Trinajstić information content (AvgIpc) is 2.39. The van der Waals surface area contributed by atoms with Gasteiger partial charge in [-0.05, 0) is 43.2 Å². The zero-order valence-corrected chi connectivity index (χ0v) is 10.6. The third-order valence-electron chi connectivity index (χ3n) is 3.03. The molecule has 1 heterocycles. The highest BCUT2D eigenvalue weighted by Gasteiger charge is 2.11. The van der Waals surface area contributed by atoms with E-state index in [-0.39, 0.29) is 17.9 Å². The summed E-state index contributed by atoms with van der Waals surface area (Å²) in [6.07, 6.45) is 3.60. The molecule has 18 heavy (non-hydrogen) atoms. The SMILES string of the molecule is CC(N[C@@H](C)c1cccc(F)c1)c1cccnc1. The molecule has 0 radical (unpaired) electrons. The van der Waals surface area contributed by atoms with Crippen molar-refractivity contribution in [1.29, 1.82) is 0 Å². The molecule has 1 aromatic carbocycles. The van der Waals surface area contributed by atoms with Gasteiger partial charge in [-0.1, -0.05) is 18.2 Å². The van der Waals surface area contributed by atoms with Gasteiger partial charge in [0.15, 0.2) is 0 Å². The molecule has 3 heteroatoms. The molecule has 2 atom stereocenters. The Kier molecular flexibility index (Phi) is 4.05. The lowest BCUT2D eigenvalue weighted by Gasteiger charge is -2.20. The number of hydrogen-bond donors (Lipinski definition) is 1. The number of benzene rings is 1. The molecule has 1 unspecified atom stereocenters. The lowest BCUT2D eigenvalue weighted by Crippen LogP contribution is -2.22. The van der Waals surface area contributed by atoms with Gasteiger partial charge in [0.2, 0.25) is 0 Å².